The van der Waals surface area contributed by atoms with Crippen LogP contribution in [0.4, 0.5) is 0 Å². The Labute approximate surface area is 139 Å². The van der Waals surface area contributed by atoms with Gasteiger partial charge in [0.2, 0.25) is 0 Å². The quantitative estimate of drug-likeness (QED) is 0.686. The van der Waals surface area contributed by atoms with E-state index in [1.807, 2.05) is 37.3 Å². The van der Waals surface area contributed by atoms with Gasteiger partial charge in [0.25, 0.3) is 5.91 Å². The Morgan fingerprint density at radius 3 is 2.74 bits per heavy atom. The van der Waals surface area contributed by atoms with Crippen LogP contribution in [0.2, 0.25) is 5.02 Å². The summed E-state index contributed by atoms with van der Waals surface area (Å²) in [7, 11) is 0. The number of fused-ring (bicyclic) bond motifs is 1. The van der Waals surface area contributed by atoms with Gasteiger partial charge in [-0.05, 0) is 43.3 Å². The first-order valence-electron chi connectivity index (χ1n) is 7.20. The minimum Gasteiger partial charge on any atom is -0.485 e. The predicted molar refractivity (Wildman–Crippen MR) is 91.9 cm³/mol. The SMILES string of the molecule is CC1Oc2ccccc2C=C1/C=N/NC(=O)c1ccc(Cl)cc1. The molecule has 3 rings (SSSR count). The molecule has 0 aromatic heterocycles. The van der Waals surface area contributed by atoms with Gasteiger partial charge in [0, 0.05) is 21.7 Å². The highest BCUT2D eigenvalue weighted by Gasteiger charge is 2.16. The maximum atomic E-state index is 12.0. The summed E-state index contributed by atoms with van der Waals surface area (Å²) in [6.07, 6.45) is 3.48. The van der Waals surface area contributed by atoms with Crippen molar-refractivity contribution in [3.63, 3.8) is 0 Å². The summed E-state index contributed by atoms with van der Waals surface area (Å²) in [5.41, 5.74) is 4.89. The predicted octanol–water partition coefficient (Wildman–Crippen LogP) is 3.92. The number of nitrogens with zero attached hydrogens (tertiary/aromatic N) is 1. The van der Waals surface area contributed by atoms with Crippen LogP contribution in [0.5, 0.6) is 5.75 Å². The van der Waals surface area contributed by atoms with Gasteiger partial charge in [-0.2, -0.15) is 5.10 Å². The molecule has 1 aliphatic rings. The fourth-order valence-corrected chi connectivity index (χ4v) is 2.36. The fourth-order valence-electron chi connectivity index (χ4n) is 2.24. The molecule has 0 radical (unpaired) electrons. The number of hydrazone groups is 1. The topological polar surface area (TPSA) is 50.7 Å². The van der Waals surface area contributed by atoms with Crippen molar-refractivity contribution in [2.45, 2.75) is 13.0 Å². The summed E-state index contributed by atoms with van der Waals surface area (Å²) in [4.78, 5) is 12.0. The number of halogens is 1. The van der Waals surface area contributed by atoms with Crippen molar-refractivity contribution in [1.29, 1.82) is 0 Å². The summed E-state index contributed by atoms with van der Waals surface area (Å²) in [5, 5.41) is 4.60. The summed E-state index contributed by atoms with van der Waals surface area (Å²) in [6, 6.07) is 14.4. The zero-order valence-electron chi connectivity index (χ0n) is 12.5. The molecule has 0 bridgehead atoms. The molecule has 2 aromatic rings. The Kier molecular flexibility index (Phi) is 4.44. The lowest BCUT2D eigenvalue weighted by molar-refractivity contribution is 0.0955. The number of benzene rings is 2. The maximum absolute atomic E-state index is 12.0. The van der Waals surface area contributed by atoms with Crippen molar-refractivity contribution < 1.29 is 9.53 Å². The average Bonchev–Trinajstić information content (AvgIpc) is 2.56. The second-order valence-corrected chi connectivity index (χ2v) is 5.58. The van der Waals surface area contributed by atoms with Crippen LogP contribution in [0.1, 0.15) is 22.8 Å². The molecular formula is C18H15ClN2O2. The monoisotopic (exact) mass is 326 g/mol. The molecule has 1 unspecified atom stereocenters. The van der Waals surface area contributed by atoms with Crippen LogP contribution < -0.4 is 10.2 Å². The molecule has 1 heterocycles. The van der Waals surface area contributed by atoms with E-state index in [9.17, 15) is 4.79 Å². The van der Waals surface area contributed by atoms with Crippen molar-refractivity contribution in [3.8, 4) is 5.75 Å². The normalized spacial score (nSPS) is 16.4. The van der Waals surface area contributed by atoms with Crippen molar-refractivity contribution in [2.75, 3.05) is 0 Å². The van der Waals surface area contributed by atoms with Gasteiger partial charge in [-0.1, -0.05) is 29.8 Å². The Morgan fingerprint density at radius 1 is 1.22 bits per heavy atom. The lowest BCUT2D eigenvalue weighted by atomic mass is 10.0. The van der Waals surface area contributed by atoms with Gasteiger partial charge >= 0.3 is 0 Å². The van der Waals surface area contributed by atoms with Crippen LogP contribution >= 0.6 is 11.6 Å². The van der Waals surface area contributed by atoms with E-state index >= 15 is 0 Å². The molecule has 4 nitrogen and oxygen atoms in total. The van der Waals surface area contributed by atoms with Crippen molar-refractivity contribution >= 4 is 29.8 Å². The largest absolute Gasteiger partial charge is 0.485 e. The Morgan fingerprint density at radius 2 is 1.96 bits per heavy atom. The molecule has 1 N–H and O–H groups in total. The van der Waals surface area contributed by atoms with Gasteiger partial charge in [-0.15, -0.1) is 0 Å². The second kappa shape index (κ2) is 6.67. The third-order valence-electron chi connectivity index (χ3n) is 3.50. The van der Waals surface area contributed by atoms with Gasteiger partial charge in [-0.3, -0.25) is 4.79 Å². The maximum Gasteiger partial charge on any atom is 0.271 e. The van der Waals surface area contributed by atoms with E-state index < -0.39 is 0 Å². The Balaban J connectivity index is 1.69. The van der Waals surface area contributed by atoms with Crippen molar-refractivity contribution in [2.24, 2.45) is 5.10 Å². The van der Waals surface area contributed by atoms with Gasteiger partial charge in [0.15, 0.2) is 0 Å². The highest BCUT2D eigenvalue weighted by molar-refractivity contribution is 6.30. The highest BCUT2D eigenvalue weighted by Crippen LogP contribution is 2.28. The minimum atomic E-state index is -0.289. The number of hydrogen-bond donors (Lipinski definition) is 1. The number of rotatable bonds is 3. The zero-order valence-corrected chi connectivity index (χ0v) is 13.2. The number of ether oxygens (including phenoxy) is 1. The van der Waals surface area contributed by atoms with Crippen LogP contribution in [0.25, 0.3) is 6.08 Å². The molecule has 0 spiro atoms. The Hall–Kier alpha value is -2.59. The molecule has 1 atom stereocenters. The van der Waals surface area contributed by atoms with E-state index in [1.54, 1.807) is 30.5 Å². The summed E-state index contributed by atoms with van der Waals surface area (Å²) < 4.78 is 5.81. The third kappa shape index (κ3) is 3.60. The fraction of sp³-hybridized carbons (Fsp3) is 0.111. The zero-order chi connectivity index (χ0) is 16.2. The first-order valence-corrected chi connectivity index (χ1v) is 7.57. The van der Waals surface area contributed by atoms with Crippen LogP contribution in [-0.2, 0) is 0 Å². The van der Waals surface area contributed by atoms with E-state index in [-0.39, 0.29) is 12.0 Å². The molecule has 0 saturated heterocycles. The first-order chi connectivity index (χ1) is 11.1. The third-order valence-corrected chi connectivity index (χ3v) is 3.75. The second-order valence-electron chi connectivity index (χ2n) is 5.15. The van der Waals surface area contributed by atoms with E-state index in [2.05, 4.69) is 10.5 Å². The number of carbonyl (C=O) groups is 1. The first kappa shape index (κ1) is 15.3. The molecule has 2 aromatic carbocycles. The smallest absolute Gasteiger partial charge is 0.271 e. The molecule has 0 aliphatic carbocycles. The molecule has 116 valence electrons. The molecule has 23 heavy (non-hydrogen) atoms. The van der Waals surface area contributed by atoms with Crippen LogP contribution in [0.3, 0.4) is 0 Å². The summed E-state index contributed by atoms with van der Waals surface area (Å²) in [5.74, 6) is 0.561. The lowest BCUT2D eigenvalue weighted by Crippen LogP contribution is -2.22. The number of hydrogen-bond acceptors (Lipinski definition) is 3. The minimum absolute atomic E-state index is 0.124. The lowest BCUT2D eigenvalue weighted by Gasteiger charge is -2.22. The van der Waals surface area contributed by atoms with Crippen molar-refractivity contribution in [3.05, 3.63) is 70.3 Å². The molecular weight excluding hydrogens is 312 g/mol. The van der Waals surface area contributed by atoms with Gasteiger partial charge < -0.3 is 4.74 Å². The Bertz CT molecular complexity index is 782. The van der Waals surface area contributed by atoms with E-state index in [1.165, 1.54) is 0 Å². The highest BCUT2D eigenvalue weighted by atomic mass is 35.5. The van der Waals surface area contributed by atoms with E-state index in [4.69, 9.17) is 16.3 Å². The number of carbonyl (C=O) groups excluding carboxylic acids is 1. The van der Waals surface area contributed by atoms with Crippen LogP contribution in [0, 0.1) is 0 Å². The van der Waals surface area contributed by atoms with Crippen molar-refractivity contribution in [1.82, 2.24) is 5.43 Å². The van der Waals surface area contributed by atoms with Crippen LogP contribution in [0.15, 0.2) is 59.2 Å². The molecule has 0 fully saturated rings. The number of nitrogens with one attached hydrogen (secondary N) is 1. The molecule has 5 heteroatoms. The van der Waals surface area contributed by atoms with Gasteiger partial charge in [0.05, 0.1) is 6.21 Å². The van der Waals surface area contributed by atoms with E-state index in [0.29, 0.717) is 10.6 Å². The standard InChI is InChI=1S/C18H15ClN2O2/c1-12-15(10-14-4-2-3-5-17(14)23-12)11-20-21-18(22)13-6-8-16(19)9-7-13/h2-12H,1H3,(H,21,22)/b20-11+. The van der Waals surface area contributed by atoms with Crippen LogP contribution in [-0.4, -0.2) is 18.2 Å². The molecule has 0 saturated carbocycles. The molecule has 1 amide bonds. The number of amides is 1. The number of para-hydroxylation sites is 1. The van der Waals surface area contributed by atoms with Gasteiger partial charge in [-0.25, -0.2) is 5.43 Å². The average molecular weight is 327 g/mol. The van der Waals surface area contributed by atoms with Gasteiger partial charge in [0.1, 0.15) is 11.9 Å². The van der Waals surface area contributed by atoms with E-state index in [0.717, 1.165) is 16.9 Å². The summed E-state index contributed by atoms with van der Waals surface area (Å²) >= 11 is 5.80. The summed E-state index contributed by atoms with van der Waals surface area (Å²) in [6.45, 7) is 1.94. The molecule has 1 aliphatic heterocycles.